The lowest BCUT2D eigenvalue weighted by atomic mass is 10.1. The number of carbonyl (C=O) groups is 1. The normalized spacial score (nSPS) is 14.6. The molecule has 0 spiro atoms. The van der Waals surface area contributed by atoms with Gasteiger partial charge in [-0.1, -0.05) is 0 Å². The van der Waals surface area contributed by atoms with E-state index in [-0.39, 0.29) is 5.91 Å². The zero-order valence-corrected chi connectivity index (χ0v) is 8.60. The van der Waals surface area contributed by atoms with Crippen molar-refractivity contribution in [2.75, 3.05) is 11.4 Å². The zero-order valence-electron chi connectivity index (χ0n) is 8.60. The third-order valence-electron chi connectivity index (χ3n) is 2.63. The van der Waals surface area contributed by atoms with Gasteiger partial charge in [0.1, 0.15) is 12.1 Å². The third kappa shape index (κ3) is 1.62. The Balaban J connectivity index is 2.41. The van der Waals surface area contributed by atoms with E-state index < -0.39 is 0 Å². The fourth-order valence-corrected chi connectivity index (χ4v) is 1.81. The Kier molecular flexibility index (Phi) is 2.57. The summed E-state index contributed by atoms with van der Waals surface area (Å²) < 4.78 is 0. The van der Waals surface area contributed by atoms with Crippen molar-refractivity contribution in [3.63, 3.8) is 0 Å². The Labute approximate surface area is 93.3 Å². The quantitative estimate of drug-likeness (QED) is 0.707. The Bertz CT molecular complexity index is 522. The molecule has 16 heavy (non-hydrogen) atoms. The van der Waals surface area contributed by atoms with E-state index >= 15 is 0 Å². The van der Waals surface area contributed by atoms with E-state index in [2.05, 4.69) is 0 Å². The van der Waals surface area contributed by atoms with Gasteiger partial charge in [0.25, 0.3) is 0 Å². The van der Waals surface area contributed by atoms with E-state index in [1.165, 1.54) is 0 Å². The predicted molar refractivity (Wildman–Crippen MR) is 57.5 cm³/mol. The summed E-state index contributed by atoms with van der Waals surface area (Å²) in [6.07, 6.45) is 1.41. The minimum absolute atomic E-state index is 0.0774. The largest absolute Gasteiger partial charge is 0.312 e. The van der Waals surface area contributed by atoms with E-state index in [1.807, 2.05) is 12.1 Å². The van der Waals surface area contributed by atoms with Crippen molar-refractivity contribution in [3.05, 3.63) is 29.3 Å². The van der Waals surface area contributed by atoms with Crippen molar-refractivity contribution in [1.82, 2.24) is 0 Å². The number of hydrogen-bond donors (Lipinski definition) is 0. The maximum absolute atomic E-state index is 11.5. The summed E-state index contributed by atoms with van der Waals surface area (Å²) in [5.41, 5.74) is 1.37. The SMILES string of the molecule is N#Cc1ccc(N2CCCC2=O)cc1C#N. The number of hydrogen-bond acceptors (Lipinski definition) is 3. The van der Waals surface area contributed by atoms with Crippen LogP contribution in [0.3, 0.4) is 0 Å². The summed E-state index contributed by atoms with van der Waals surface area (Å²) in [7, 11) is 0. The molecule has 0 radical (unpaired) electrons. The van der Waals surface area contributed by atoms with Gasteiger partial charge in [0, 0.05) is 18.7 Å². The van der Waals surface area contributed by atoms with Gasteiger partial charge < -0.3 is 4.90 Å². The lowest BCUT2D eigenvalue weighted by molar-refractivity contribution is -0.117. The summed E-state index contributed by atoms with van der Waals surface area (Å²) in [4.78, 5) is 13.2. The molecule has 1 fully saturated rings. The molecule has 0 N–H and O–H groups in total. The van der Waals surface area contributed by atoms with Crippen LogP contribution in [0.15, 0.2) is 18.2 Å². The van der Waals surface area contributed by atoms with Gasteiger partial charge in [0.05, 0.1) is 11.1 Å². The molecule has 0 aliphatic carbocycles. The lowest BCUT2D eigenvalue weighted by Crippen LogP contribution is -2.23. The zero-order chi connectivity index (χ0) is 11.5. The first kappa shape index (κ1) is 10.2. The minimum Gasteiger partial charge on any atom is -0.312 e. The standard InChI is InChI=1S/C12H9N3O/c13-7-9-3-4-11(6-10(9)8-14)15-5-1-2-12(15)16/h3-4,6H,1-2,5H2. The number of carbonyl (C=O) groups excluding carboxylic acids is 1. The second kappa shape index (κ2) is 4.04. The fourth-order valence-electron chi connectivity index (χ4n) is 1.81. The van der Waals surface area contributed by atoms with Crippen molar-refractivity contribution in [3.8, 4) is 12.1 Å². The Morgan fingerprint density at radius 1 is 1.19 bits per heavy atom. The molecule has 1 heterocycles. The van der Waals surface area contributed by atoms with Gasteiger partial charge in [-0.15, -0.1) is 0 Å². The van der Waals surface area contributed by atoms with Crippen molar-refractivity contribution in [1.29, 1.82) is 10.5 Å². The molecule has 1 saturated heterocycles. The highest BCUT2D eigenvalue weighted by Crippen LogP contribution is 2.23. The first-order chi connectivity index (χ1) is 7.76. The summed E-state index contributed by atoms with van der Waals surface area (Å²) in [6.45, 7) is 0.690. The van der Waals surface area contributed by atoms with Gasteiger partial charge >= 0.3 is 0 Å². The van der Waals surface area contributed by atoms with Crippen LogP contribution < -0.4 is 4.90 Å². The molecule has 1 aromatic carbocycles. The van der Waals surface area contributed by atoms with Gasteiger partial charge in [0.2, 0.25) is 5.91 Å². The highest BCUT2D eigenvalue weighted by atomic mass is 16.2. The van der Waals surface area contributed by atoms with Crippen LogP contribution in [0.1, 0.15) is 24.0 Å². The van der Waals surface area contributed by atoms with Crippen LogP contribution in [-0.2, 0) is 4.79 Å². The van der Waals surface area contributed by atoms with E-state index in [0.717, 1.165) is 6.42 Å². The van der Waals surface area contributed by atoms with Crippen molar-refractivity contribution >= 4 is 11.6 Å². The average molecular weight is 211 g/mol. The van der Waals surface area contributed by atoms with Gasteiger partial charge in [-0.2, -0.15) is 10.5 Å². The van der Waals surface area contributed by atoms with Crippen molar-refractivity contribution in [2.24, 2.45) is 0 Å². The molecule has 1 amide bonds. The Hall–Kier alpha value is -2.33. The van der Waals surface area contributed by atoms with E-state index in [9.17, 15) is 4.79 Å². The van der Waals surface area contributed by atoms with Crippen LogP contribution >= 0.6 is 0 Å². The molecule has 0 bridgehead atoms. The average Bonchev–Trinajstić information content (AvgIpc) is 2.74. The molecule has 0 unspecified atom stereocenters. The molecular formula is C12H9N3O. The molecule has 78 valence electrons. The van der Waals surface area contributed by atoms with E-state index in [0.29, 0.717) is 29.8 Å². The summed E-state index contributed by atoms with van der Waals surface area (Å²) >= 11 is 0. The van der Waals surface area contributed by atoms with Crippen molar-refractivity contribution in [2.45, 2.75) is 12.8 Å². The molecule has 4 nitrogen and oxygen atoms in total. The minimum atomic E-state index is 0.0774. The number of benzene rings is 1. The maximum atomic E-state index is 11.5. The third-order valence-corrected chi connectivity index (χ3v) is 2.63. The summed E-state index contributed by atoms with van der Waals surface area (Å²) in [5.74, 6) is 0.0774. The smallest absolute Gasteiger partial charge is 0.227 e. The van der Waals surface area contributed by atoms with Gasteiger partial charge in [-0.05, 0) is 24.6 Å². The lowest BCUT2D eigenvalue weighted by Gasteiger charge is -2.15. The Morgan fingerprint density at radius 3 is 2.50 bits per heavy atom. The topological polar surface area (TPSA) is 67.9 Å². The van der Waals surface area contributed by atoms with Crippen LogP contribution in [-0.4, -0.2) is 12.5 Å². The van der Waals surface area contributed by atoms with Crippen LogP contribution in [0.25, 0.3) is 0 Å². The first-order valence-corrected chi connectivity index (χ1v) is 5.01. The molecule has 0 atom stereocenters. The summed E-state index contributed by atoms with van der Waals surface area (Å²) in [5, 5.41) is 17.7. The number of nitriles is 2. The number of nitrogens with zero attached hydrogens (tertiary/aromatic N) is 3. The second-order valence-corrected chi connectivity index (χ2v) is 3.60. The molecule has 1 aliphatic heterocycles. The molecule has 1 aliphatic rings. The molecular weight excluding hydrogens is 202 g/mol. The van der Waals surface area contributed by atoms with Crippen LogP contribution in [0.5, 0.6) is 0 Å². The maximum Gasteiger partial charge on any atom is 0.227 e. The Morgan fingerprint density at radius 2 is 1.94 bits per heavy atom. The second-order valence-electron chi connectivity index (χ2n) is 3.60. The molecule has 0 aromatic heterocycles. The van der Waals surface area contributed by atoms with Crippen LogP contribution in [0, 0.1) is 22.7 Å². The fraction of sp³-hybridized carbons (Fsp3) is 0.250. The molecule has 2 rings (SSSR count). The molecule has 1 aromatic rings. The number of anilines is 1. The number of rotatable bonds is 1. The van der Waals surface area contributed by atoms with Gasteiger partial charge in [-0.3, -0.25) is 4.79 Å². The van der Waals surface area contributed by atoms with Crippen LogP contribution in [0.2, 0.25) is 0 Å². The van der Waals surface area contributed by atoms with Gasteiger partial charge in [-0.25, -0.2) is 0 Å². The molecule has 4 heteroatoms. The monoisotopic (exact) mass is 211 g/mol. The first-order valence-electron chi connectivity index (χ1n) is 5.01. The summed E-state index contributed by atoms with van der Waals surface area (Å²) in [6, 6.07) is 8.81. The van der Waals surface area contributed by atoms with Gasteiger partial charge in [0.15, 0.2) is 0 Å². The van der Waals surface area contributed by atoms with Crippen molar-refractivity contribution < 1.29 is 4.79 Å². The predicted octanol–water partition coefficient (Wildman–Crippen LogP) is 1.56. The number of amides is 1. The van der Waals surface area contributed by atoms with E-state index in [1.54, 1.807) is 23.1 Å². The highest BCUT2D eigenvalue weighted by Gasteiger charge is 2.22. The highest BCUT2D eigenvalue weighted by molar-refractivity contribution is 5.95. The molecule has 0 saturated carbocycles. The van der Waals surface area contributed by atoms with Crippen LogP contribution in [0.4, 0.5) is 5.69 Å². The van der Waals surface area contributed by atoms with E-state index in [4.69, 9.17) is 10.5 Å².